The van der Waals surface area contributed by atoms with Crippen LogP contribution in [0.2, 0.25) is 0 Å². The molecule has 0 aromatic carbocycles. The van der Waals surface area contributed by atoms with Crippen molar-refractivity contribution < 1.29 is 14.3 Å². The molecule has 2 rings (SSSR count). The number of carbonyl (C=O) groups is 1. The molecule has 78 valence electrons. The highest BCUT2D eigenvalue weighted by Gasteiger charge is 2.14. The van der Waals surface area contributed by atoms with Crippen molar-refractivity contribution in [3.05, 3.63) is 24.0 Å². The van der Waals surface area contributed by atoms with E-state index in [1.807, 2.05) is 0 Å². The second kappa shape index (κ2) is 3.56. The zero-order valence-corrected chi connectivity index (χ0v) is 8.30. The number of methoxy groups -OCH3 is 2. The van der Waals surface area contributed by atoms with E-state index in [1.54, 1.807) is 16.5 Å². The summed E-state index contributed by atoms with van der Waals surface area (Å²) >= 11 is 0. The number of hydrogen-bond donors (Lipinski definition) is 0. The second-order valence-electron chi connectivity index (χ2n) is 2.81. The molecule has 0 N–H and O–H groups in total. The molecule has 0 unspecified atom stereocenters. The fourth-order valence-electron chi connectivity index (χ4n) is 1.33. The Morgan fingerprint density at radius 2 is 2.20 bits per heavy atom. The Balaban J connectivity index is 2.68. The Kier molecular flexibility index (Phi) is 2.24. The van der Waals surface area contributed by atoms with E-state index in [0.29, 0.717) is 17.1 Å². The molecule has 6 nitrogen and oxygen atoms in total. The van der Waals surface area contributed by atoms with Crippen LogP contribution in [-0.4, -0.2) is 34.8 Å². The average molecular weight is 207 g/mol. The average Bonchev–Trinajstić information content (AvgIpc) is 2.75. The van der Waals surface area contributed by atoms with Gasteiger partial charge in [0, 0.05) is 0 Å². The van der Waals surface area contributed by atoms with Gasteiger partial charge in [0.1, 0.15) is 11.9 Å². The first-order valence-electron chi connectivity index (χ1n) is 4.23. The number of rotatable bonds is 2. The van der Waals surface area contributed by atoms with E-state index >= 15 is 0 Å². The van der Waals surface area contributed by atoms with Gasteiger partial charge in [-0.1, -0.05) is 0 Å². The molecule has 0 aliphatic rings. The van der Waals surface area contributed by atoms with E-state index in [1.165, 1.54) is 20.5 Å². The molecule has 0 saturated carbocycles. The van der Waals surface area contributed by atoms with Crippen molar-refractivity contribution in [1.82, 2.24) is 14.6 Å². The number of nitrogens with zero attached hydrogens (tertiary/aromatic N) is 3. The minimum atomic E-state index is -0.448. The molecule has 0 amide bonds. The normalized spacial score (nSPS) is 10.3. The smallest absolute Gasteiger partial charge is 0.341 e. The number of carbonyl (C=O) groups excluding carboxylic acids is 1. The Morgan fingerprint density at radius 1 is 1.40 bits per heavy atom. The summed E-state index contributed by atoms with van der Waals surface area (Å²) in [6.45, 7) is 0. The standard InChI is InChI=1S/C9H9N3O3/c1-14-7-4-3-6(9(13)15-2)8-11-10-5-12(7)8/h3-5H,1-2H3. The zero-order chi connectivity index (χ0) is 10.8. The second-order valence-corrected chi connectivity index (χ2v) is 2.81. The van der Waals surface area contributed by atoms with Crippen LogP contribution < -0.4 is 4.74 Å². The summed E-state index contributed by atoms with van der Waals surface area (Å²) in [5.41, 5.74) is 0.775. The highest BCUT2D eigenvalue weighted by molar-refractivity contribution is 5.95. The molecule has 0 aliphatic carbocycles. The number of ether oxygens (including phenoxy) is 2. The lowest BCUT2D eigenvalue weighted by Gasteiger charge is -2.05. The van der Waals surface area contributed by atoms with Gasteiger partial charge >= 0.3 is 5.97 Å². The van der Waals surface area contributed by atoms with Crippen molar-refractivity contribution in [1.29, 1.82) is 0 Å². The van der Waals surface area contributed by atoms with Crippen molar-refractivity contribution in [3.63, 3.8) is 0 Å². The summed E-state index contributed by atoms with van der Waals surface area (Å²) in [4.78, 5) is 11.4. The van der Waals surface area contributed by atoms with E-state index in [9.17, 15) is 4.79 Å². The molecule has 2 aromatic rings. The number of pyridine rings is 1. The maximum Gasteiger partial charge on any atom is 0.341 e. The summed E-state index contributed by atoms with van der Waals surface area (Å²) < 4.78 is 11.3. The van der Waals surface area contributed by atoms with Crippen LogP contribution in [0.4, 0.5) is 0 Å². The lowest BCUT2D eigenvalue weighted by atomic mass is 10.2. The number of fused-ring (bicyclic) bond motifs is 1. The third kappa shape index (κ3) is 1.39. The van der Waals surface area contributed by atoms with Crippen LogP contribution in [0.15, 0.2) is 18.5 Å². The van der Waals surface area contributed by atoms with E-state index in [0.717, 1.165) is 0 Å². The Labute approximate surface area is 85.4 Å². The van der Waals surface area contributed by atoms with Gasteiger partial charge in [-0.3, -0.25) is 4.40 Å². The molecule has 6 heteroatoms. The highest BCUT2D eigenvalue weighted by Crippen LogP contribution is 2.17. The first-order valence-corrected chi connectivity index (χ1v) is 4.23. The van der Waals surface area contributed by atoms with Crippen LogP contribution in [0.1, 0.15) is 10.4 Å². The molecule has 15 heavy (non-hydrogen) atoms. The molecule has 0 aliphatic heterocycles. The monoisotopic (exact) mass is 207 g/mol. The third-order valence-electron chi connectivity index (χ3n) is 2.03. The number of esters is 1. The van der Waals surface area contributed by atoms with Gasteiger partial charge in [-0.25, -0.2) is 4.79 Å². The van der Waals surface area contributed by atoms with E-state index < -0.39 is 5.97 Å². The van der Waals surface area contributed by atoms with Crippen LogP contribution in [-0.2, 0) is 4.74 Å². The van der Waals surface area contributed by atoms with Crippen molar-refractivity contribution in [2.75, 3.05) is 14.2 Å². The van der Waals surface area contributed by atoms with Gasteiger partial charge in [-0.2, -0.15) is 0 Å². The molecular formula is C9H9N3O3. The first kappa shape index (κ1) is 9.45. The van der Waals surface area contributed by atoms with E-state index in [-0.39, 0.29) is 0 Å². The van der Waals surface area contributed by atoms with Crippen LogP contribution in [0.3, 0.4) is 0 Å². The van der Waals surface area contributed by atoms with Crippen molar-refractivity contribution >= 4 is 11.6 Å². The predicted molar refractivity (Wildman–Crippen MR) is 50.9 cm³/mol. The van der Waals surface area contributed by atoms with Gasteiger partial charge in [0.2, 0.25) is 0 Å². The lowest BCUT2D eigenvalue weighted by molar-refractivity contribution is 0.0602. The molecule has 0 bridgehead atoms. The maximum atomic E-state index is 11.4. The minimum Gasteiger partial charge on any atom is -0.482 e. The molecule has 2 aromatic heterocycles. The van der Waals surface area contributed by atoms with Gasteiger partial charge in [0.15, 0.2) is 11.5 Å². The summed E-state index contributed by atoms with van der Waals surface area (Å²) in [5, 5.41) is 7.54. The third-order valence-corrected chi connectivity index (χ3v) is 2.03. The first-order chi connectivity index (χ1) is 7.27. The van der Waals surface area contributed by atoms with Crippen molar-refractivity contribution in [2.45, 2.75) is 0 Å². The Bertz CT molecular complexity index is 506. The van der Waals surface area contributed by atoms with E-state index in [2.05, 4.69) is 14.9 Å². The fraction of sp³-hybridized carbons (Fsp3) is 0.222. The minimum absolute atomic E-state index is 0.357. The molecular weight excluding hydrogens is 198 g/mol. The maximum absolute atomic E-state index is 11.4. The van der Waals surface area contributed by atoms with Crippen LogP contribution >= 0.6 is 0 Å². The Morgan fingerprint density at radius 3 is 2.87 bits per heavy atom. The van der Waals surface area contributed by atoms with Gasteiger partial charge in [0.25, 0.3) is 0 Å². The van der Waals surface area contributed by atoms with Gasteiger partial charge in [-0.05, 0) is 12.1 Å². The van der Waals surface area contributed by atoms with Crippen molar-refractivity contribution in [2.24, 2.45) is 0 Å². The summed E-state index contributed by atoms with van der Waals surface area (Å²) in [6.07, 6.45) is 1.47. The number of aromatic nitrogens is 3. The lowest BCUT2D eigenvalue weighted by Crippen LogP contribution is -2.05. The molecule has 0 spiro atoms. The van der Waals surface area contributed by atoms with Gasteiger partial charge in [0.05, 0.1) is 14.2 Å². The summed E-state index contributed by atoms with van der Waals surface area (Å²) in [7, 11) is 2.85. The number of hydrogen-bond acceptors (Lipinski definition) is 5. The molecule has 0 atom stereocenters. The van der Waals surface area contributed by atoms with Gasteiger partial charge < -0.3 is 9.47 Å². The van der Waals surface area contributed by atoms with Gasteiger partial charge in [-0.15, -0.1) is 10.2 Å². The molecule has 0 radical (unpaired) electrons. The fourth-order valence-corrected chi connectivity index (χ4v) is 1.33. The van der Waals surface area contributed by atoms with Crippen LogP contribution in [0, 0.1) is 0 Å². The van der Waals surface area contributed by atoms with E-state index in [4.69, 9.17) is 4.74 Å². The Hall–Kier alpha value is -2.11. The highest BCUT2D eigenvalue weighted by atomic mass is 16.5. The largest absolute Gasteiger partial charge is 0.482 e. The molecule has 2 heterocycles. The zero-order valence-electron chi connectivity index (χ0n) is 8.30. The summed E-state index contributed by atoms with van der Waals surface area (Å²) in [5.74, 6) is 0.110. The molecule has 0 saturated heterocycles. The predicted octanol–water partition coefficient (Wildman–Crippen LogP) is 0.524. The molecule has 0 fully saturated rings. The summed E-state index contributed by atoms with van der Waals surface area (Å²) in [6, 6.07) is 3.25. The quantitative estimate of drug-likeness (QED) is 0.672. The van der Waals surface area contributed by atoms with Crippen LogP contribution in [0.25, 0.3) is 5.65 Å². The van der Waals surface area contributed by atoms with Crippen LogP contribution in [0.5, 0.6) is 5.88 Å². The topological polar surface area (TPSA) is 65.7 Å². The van der Waals surface area contributed by atoms with Crippen molar-refractivity contribution in [3.8, 4) is 5.88 Å². The SMILES string of the molecule is COC(=O)c1ccc(OC)n2cnnc12.